The van der Waals surface area contributed by atoms with E-state index in [1.54, 1.807) is 0 Å². The summed E-state index contributed by atoms with van der Waals surface area (Å²) in [6.45, 7) is -1.46. The van der Waals surface area contributed by atoms with Gasteiger partial charge >= 0.3 is 6.61 Å². The van der Waals surface area contributed by atoms with Gasteiger partial charge in [-0.15, -0.1) is 0 Å². The van der Waals surface area contributed by atoms with E-state index >= 15 is 0 Å². The number of hydrogen-bond donors (Lipinski definition) is 1. The predicted molar refractivity (Wildman–Crippen MR) is 59.4 cm³/mol. The van der Waals surface area contributed by atoms with E-state index in [1.807, 2.05) is 6.07 Å². The molecule has 0 aromatic heterocycles. The second-order valence-electron chi connectivity index (χ2n) is 3.65. The first-order valence-electron chi connectivity index (χ1n) is 5.20. The summed E-state index contributed by atoms with van der Waals surface area (Å²) in [6.07, 6.45) is -1.07. The topological polar surface area (TPSA) is 62.5 Å². The summed E-state index contributed by atoms with van der Waals surface area (Å²) in [5.74, 6) is -0.692. The standard InChI is InChI=1S/C12H13F2NO3/c1-7(6-15)11(16)8-3-4-9(17-2)10(5-8)18-12(13)14/h3-5,7,11-12,16H,1-2H3. The highest BCUT2D eigenvalue weighted by Gasteiger charge is 2.19. The quantitative estimate of drug-likeness (QED) is 0.880. The Morgan fingerprint density at radius 1 is 1.33 bits per heavy atom. The molecule has 0 aliphatic heterocycles. The molecule has 0 aliphatic rings. The molecule has 0 heterocycles. The maximum absolute atomic E-state index is 12.2. The van der Waals surface area contributed by atoms with Crippen molar-refractivity contribution < 1.29 is 23.4 Å². The van der Waals surface area contributed by atoms with Crippen molar-refractivity contribution in [1.82, 2.24) is 0 Å². The van der Waals surface area contributed by atoms with E-state index in [4.69, 9.17) is 10.00 Å². The van der Waals surface area contributed by atoms with Crippen LogP contribution in [-0.2, 0) is 0 Å². The molecule has 0 saturated carbocycles. The number of ether oxygens (including phenoxy) is 2. The van der Waals surface area contributed by atoms with E-state index < -0.39 is 18.6 Å². The van der Waals surface area contributed by atoms with Crippen LogP contribution in [0.5, 0.6) is 11.5 Å². The fourth-order valence-electron chi connectivity index (χ4n) is 1.42. The van der Waals surface area contributed by atoms with E-state index in [0.29, 0.717) is 5.56 Å². The molecule has 2 unspecified atom stereocenters. The lowest BCUT2D eigenvalue weighted by Gasteiger charge is -2.16. The molecule has 18 heavy (non-hydrogen) atoms. The van der Waals surface area contributed by atoms with Crippen molar-refractivity contribution in [2.24, 2.45) is 5.92 Å². The number of aliphatic hydroxyl groups excluding tert-OH is 1. The van der Waals surface area contributed by atoms with Crippen molar-refractivity contribution in [3.63, 3.8) is 0 Å². The molecule has 1 N–H and O–H groups in total. The van der Waals surface area contributed by atoms with Crippen LogP contribution in [0.4, 0.5) is 8.78 Å². The smallest absolute Gasteiger partial charge is 0.387 e. The Balaban J connectivity index is 3.06. The predicted octanol–water partition coefficient (Wildman–Crippen LogP) is 2.49. The third kappa shape index (κ3) is 3.31. The van der Waals surface area contributed by atoms with Gasteiger partial charge in [-0.05, 0) is 24.6 Å². The number of benzene rings is 1. The van der Waals surface area contributed by atoms with E-state index in [1.165, 1.54) is 32.2 Å². The number of methoxy groups -OCH3 is 1. The Morgan fingerprint density at radius 3 is 2.50 bits per heavy atom. The van der Waals surface area contributed by atoms with Gasteiger partial charge in [-0.2, -0.15) is 14.0 Å². The Labute approximate surface area is 103 Å². The zero-order valence-corrected chi connectivity index (χ0v) is 9.93. The third-order valence-corrected chi connectivity index (χ3v) is 2.42. The number of hydrogen-bond acceptors (Lipinski definition) is 4. The molecule has 1 aromatic carbocycles. The monoisotopic (exact) mass is 257 g/mol. The summed E-state index contributed by atoms with van der Waals surface area (Å²) >= 11 is 0. The zero-order chi connectivity index (χ0) is 13.7. The Hall–Kier alpha value is -1.87. The van der Waals surface area contributed by atoms with Gasteiger partial charge in [-0.25, -0.2) is 0 Å². The SMILES string of the molecule is COc1ccc(C(O)C(C)C#N)cc1OC(F)F. The van der Waals surface area contributed by atoms with Crippen molar-refractivity contribution in [2.75, 3.05) is 7.11 Å². The van der Waals surface area contributed by atoms with Crippen LogP contribution in [0.3, 0.4) is 0 Å². The van der Waals surface area contributed by atoms with E-state index in [0.717, 1.165) is 0 Å². The highest BCUT2D eigenvalue weighted by molar-refractivity contribution is 5.43. The molecule has 4 nitrogen and oxygen atoms in total. The molecular weight excluding hydrogens is 244 g/mol. The molecule has 1 rings (SSSR count). The highest BCUT2D eigenvalue weighted by atomic mass is 19.3. The molecule has 0 amide bonds. The molecule has 6 heteroatoms. The average Bonchev–Trinajstić information content (AvgIpc) is 2.36. The largest absolute Gasteiger partial charge is 0.493 e. The molecular formula is C12H13F2NO3. The van der Waals surface area contributed by atoms with E-state index in [-0.39, 0.29) is 11.5 Å². The molecule has 0 spiro atoms. The molecule has 0 radical (unpaired) electrons. The highest BCUT2D eigenvalue weighted by Crippen LogP contribution is 2.33. The molecule has 98 valence electrons. The normalized spacial score (nSPS) is 13.8. The van der Waals surface area contributed by atoms with Gasteiger partial charge in [0, 0.05) is 0 Å². The number of nitrogens with zero attached hydrogens (tertiary/aromatic N) is 1. The van der Waals surface area contributed by atoms with Crippen LogP contribution >= 0.6 is 0 Å². The lowest BCUT2D eigenvalue weighted by molar-refractivity contribution is -0.0513. The van der Waals surface area contributed by atoms with Crippen LogP contribution in [0.2, 0.25) is 0 Å². The number of halogens is 2. The van der Waals surface area contributed by atoms with Crippen molar-refractivity contribution in [1.29, 1.82) is 5.26 Å². The molecule has 0 saturated heterocycles. The summed E-state index contributed by atoms with van der Waals surface area (Å²) in [4.78, 5) is 0. The summed E-state index contributed by atoms with van der Waals surface area (Å²) in [5, 5.41) is 18.5. The summed E-state index contributed by atoms with van der Waals surface area (Å²) in [7, 11) is 1.32. The zero-order valence-electron chi connectivity index (χ0n) is 9.93. The molecule has 0 bridgehead atoms. The van der Waals surface area contributed by atoms with Crippen LogP contribution in [0.25, 0.3) is 0 Å². The first kappa shape index (κ1) is 14.2. The van der Waals surface area contributed by atoms with Gasteiger partial charge in [0.05, 0.1) is 25.2 Å². The summed E-state index contributed by atoms with van der Waals surface area (Å²) < 4.78 is 33.6. The van der Waals surface area contributed by atoms with Gasteiger partial charge in [-0.3, -0.25) is 0 Å². The van der Waals surface area contributed by atoms with Crippen LogP contribution in [-0.4, -0.2) is 18.8 Å². The second-order valence-corrected chi connectivity index (χ2v) is 3.65. The van der Waals surface area contributed by atoms with E-state index in [9.17, 15) is 13.9 Å². The average molecular weight is 257 g/mol. The van der Waals surface area contributed by atoms with Crippen LogP contribution in [0, 0.1) is 17.2 Å². The van der Waals surface area contributed by atoms with Gasteiger partial charge in [-0.1, -0.05) is 6.07 Å². The van der Waals surface area contributed by atoms with E-state index in [2.05, 4.69) is 4.74 Å². The first-order chi connectivity index (χ1) is 8.49. The minimum absolute atomic E-state index is 0.135. The Kier molecular flexibility index (Phi) is 4.86. The van der Waals surface area contributed by atoms with Crippen LogP contribution in [0.15, 0.2) is 18.2 Å². The Bertz CT molecular complexity index is 445. The fourth-order valence-corrected chi connectivity index (χ4v) is 1.42. The minimum atomic E-state index is -2.99. The van der Waals surface area contributed by atoms with Crippen molar-refractivity contribution in [3.05, 3.63) is 23.8 Å². The van der Waals surface area contributed by atoms with Gasteiger partial charge in [0.2, 0.25) is 0 Å². The summed E-state index contributed by atoms with van der Waals surface area (Å²) in [6, 6.07) is 6.02. The van der Waals surface area contributed by atoms with Gasteiger partial charge < -0.3 is 14.6 Å². The molecule has 0 aliphatic carbocycles. The third-order valence-electron chi connectivity index (χ3n) is 2.42. The summed E-state index contributed by atoms with van der Waals surface area (Å²) in [5.41, 5.74) is 0.320. The number of alkyl halides is 2. The number of aliphatic hydroxyl groups is 1. The molecule has 0 fully saturated rings. The first-order valence-corrected chi connectivity index (χ1v) is 5.20. The number of rotatable bonds is 5. The van der Waals surface area contributed by atoms with Crippen LogP contribution in [0.1, 0.15) is 18.6 Å². The van der Waals surface area contributed by atoms with Crippen molar-refractivity contribution in [3.8, 4) is 17.6 Å². The van der Waals surface area contributed by atoms with Gasteiger partial charge in [0.25, 0.3) is 0 Å². The maximum atomic E-state index is 12.2. The fraction of sp³-hybridized carbons (Fsp3) is 0.417. The van der Waals surface area contributed by atoms with Crippen LogP contribution < -0.4 is 9.47 Å². The maximum Gasteiger partial charge on any atom is 0.387 e. The molecule has 1 aromatic rings. The van der Waals surface area contributed by atoms with Gasteiger partial charge in [0.1, 0.15) is 0 Å². The number of nitriles is 1. The lowest BCUT2D eigenvalue weighted by Crippen LogP contribution is -2.09. The second kappa shape index (κ2) is 6.17. The van der Waals surface area contributed by atoms with Crippen molar-refractivity contribution in [2.45, 2.75) is 19.6 Å². The lowest BCUT2D eigenvalue weighted by atomic mass is 9.98. The van der Waals surface area contributed by atoms with Crippen molar-refractivity contribution >= 4 is 0 Å². The molecule has 2 atom stereocenters. The van der Waals surface area contributed by atoms with Gasteiger partial charge in [0.15, 0.2) is 11.5 Å². The minimum Gasteiger partial charge on any atom is -0.493 e. The Morgan fingerprint density at radius 2 is 2.00 bits per heavy atom.